The number of thiophene rings is 1. The molecule has 0 saturated heterocycles. The summed E-state index contributed by atoms with van der Waals surface area (Å²) in [4.78, 5) is 18.8. The van der Waals surface area contributed by atoms with Gasteiger partial charge in [0.1, 0.15) is 5.75 Å². The molecule has 0 atom stereocenters. The Hall–Kier alpha value is -2.50. The van der Waals surface area contributed by atoms with Gasteiger partial charge in [-0.05, 0) is 67.3 Å². The van der Waals surface area contributed by atoms with E-state index in [2.05, 4.69) is 22.0 Å². The summed E-state index contributed by atoms with van der Waals surface area (Å²) in [5.41, 5.74) is 4.27. The number of pyridine rings is 1. The molecule has 0 aliphatic carbocycles. The average Bonchev–Trinajstić information content (AvgIpc) is 3.17. The number of aromatic nitrogens is 1. The smallest absolute Gasteiger partial charge is 0.344 e. The number of fused-ring (bicyclic) bond motifs is 1. The Labute approximate surface area is 169 Å². The van der Waals surface area contributed by atoms with Crippen molar-refractivity contribution in [3.05, 3.63) is 81.1 Å². The van der Waals surface area contributed by atoms with Gasteiger partial charge >= 0.3 is 5.97 Å². The van der Waals surface area contributed by atoms with E-state index in [9.17, 15) is 4.79 Å². The maximum absolute atomic E-state index is 13.0. The summed E-state index contributed by atoms with van der Waals surface area (Å²) in [5, 5.41) is 2.82. The van der Waals surface area contributed by atoms with Gasteiger partial charge in [-0.25, -0.2) is 9.78 Å². The van der Waals surface area contributed by atoms with Crippen LogP contribution in [0.3, 0.4) is 0 Å². The summed E-state index contributed by atoms with van der Waals surface area (Å²) in [6.07, 6.45) is 0. The third-order valence-corrected chi connectivity index (χ3v) is 5.69. The zero-order valence-electron chi connectivity index (χ0n) is 14.8. The summed E-state index contributed by atoms with van der Waals surface area (Å²) in [5.74, 6) is 0.128. The van der Waals surface area contributed by atoms with Gasteiger partial charge in [-0.2, -0.15) is 0 Å². The summed E-state index contributed by atoms with van der Waals surface area (Å²) in [6, 6.07) is 17.1. The van der Waals surface area contributed by atoms with Crippen molar-refractivity contribution in [3.63, 3.8) is 0 Å². The zero-order valence-corrected chi connectivity index (χ0v) is 17.2. The molecule has 2 aromatic carbocycles. The fourth-order valence-electron chi connectivity index (χ4n) is 3.06. The van der Waals surface area contributed by atoms with E-state index in [1.165, 1.54) is 0 Å². The van der Waals surface area contributed by atoms with E-state index in [0.29, 0.717) is 11.3 Å². The number of benzene rings is 2. The van der Waals surface area contributed by atoms with Crippen LogP contribution in [0.25, 0.3) is 21.5 Å². The maximum Gasteiger partial charge on any atom is 0.344 e. The first-order valence-corrected chi connectivity index (χ1v) is 10.1. The van der Waals surface area contributed by atoms with Crippen molar-refractivity contribution in [3.8, 4) is 16.3 Å². The topological polar surface area (TPSA) is 39.2 Å². The lowest BCUT2D eigenvalue weighted by Crippen LogP contribution is -2.10. The van der Waals surface area contributed by atoms with Crippen LogP contribution in [-0.4, -0.2) is 11.0 Å². The predicted octanol–water partition coefficient (Wildman–Crippen LogP) is 6.56. The minimum atomic E-state index is -0.382. The molecular weight excluding hydrogens is 422 g/mol. The molecule has 3 nitrogen and oxygen atoms in total. The molecule has 0 bridgehead atoms. The Kier molecular flexibility index (Phi) is 4.81. The third-order valence-electron chi connectivity index (χ3n) is 4.27. The van der Waals surface area contributed by atoms with Crippen molar-refractivity contribution in [2.45, 2.75) is 13.8 Å². The van der Waals surface area contributed by atoms with Crippen molar-refractivity contribution in [1.29, 1.82) is 0 Å². The van der Waals surface area contributed by atoms with Crippen molar-refractivity contribution in [1.82, 2.24) is 4.98 Å². The molecule has 2 heterocycles. The first-order valence-electron chi connectivity index (χ1n) is 8.45. The van der Waals surface area contributed by atoms with E-state index < -0.39 is 0 Å². The molecule has 0 saturated carbocycles. The minimum Gasteiger partial charge on any atom is -0.423 e. The average molecular weight is 438 g/mol. The van der Waals surface area contributed by atoms with Crippen LogP contribution in [0.4, 0.5) is 0 Å². The van der Waals surface area contributed by atoms with E-state index in [0.717, 1.165) is 37.1 Å². The normalized spacial score (nSPS) is 10.9. The highest BCUT2D eigenvalue weighted by Crippen LogP contribution is 2.31. The second-order valence-electron chi connectivity index (χ2n) is 6.35. The molecule has 0 fully saturated rings. The molecule has 0 spiro atoms. The Bertz CT molecular complexity index is 1140. The van der Waals surface area contributed by atoms with Gasteiger partial charge in [-0.15, -0.1) is 11.3 Å². The molecule has 0 radical (unpaired) electrons. The van der Waals surface area contributed by atoms with Gasteiger partial charge in [-0.1, -0.05) is 33.6 Å². The van der Waals surface area contributed by atoms with Crippen LogP contribution in [0.1, 0.15) is 21.5 Å². The Morgan fingerprint density at radius 3 is 2.56 bits per heavy atom. The second kappa shape index (κ2) is 7.25. The lowest BCUT2D eigenvalue weighted by Gasteiger charge is -2.12. The first kappa shape index (κ1) is 17.9. The van der Waals surface area contributed by atoms with Crippen LogP contribution in [0, 0.1) is 13.8 Å². The fourth-order valence-corrected chi connectivity index (χ4v) is 4.02. The first-order chi connectivity index (χ1) is 13.0. The number of esters is 1. The summed E-state index contributed by atoms with van der Waals surface area (Å²) >= 11 is 4.99. The Morgan fingerprint density at radius 2 is 1.85 bits per heavy atom. The quantitative estimate of drug-likeness (QED) is 0.269. The molecule has 4 rings (SSSR count). The van der Waals surface area contributed by atoms with Crippen molar-refractivity contribution >= 4 is 44.1 Å². The monoisotopic (exact) mass is 437 g/mol. The molecule has 0 aliphatic heterocycles. The lowest BCUT2D eigenvalue weighted by atomic mass is 10.0. The number of carbonyl (C=O) groups is 1. The summed E-state index contributed by atoms with van der Waals surface area (Å²) < 4.78 is 6.56. The lowest BCUT2D eigenvalue weighted by molar-refractivity contribution is 0.0737. The predicted molar refractivity (Wildman–Crippen MR) is 114 cm³/mol. The molecule has 2 aromatic heterocycles. The van der Waals surface area contributed by atoms with Gasteiger partial charge in [0, 0.05) is 9.86 Å². The summed E-state index contributed by atoms with van der Waals surface area (Å²) in [7, 11) is 0. The number of carbonyl (C=O) groups excluding carboxylic acids is 1. The van der Waals surface area contributed by atoms with E-state index in [1.54, 1.807) is 23.5 Å². The molecule has 5 heteroatoms. The van der Waals surface area contributed by atoms with Gasteiger partial charge in [0.05, 0.1) is 21.7 Å². The Morgan fingerprint density at radius 1 is 1.07 bits per heavy atom. The molecule has 0 amide bonds. The van der Waals surface area contributed by atoms with Crippen molar-refractivity contribution < 1.29 is 9.53 Å². The highest BCUT2D eigenvalue weighted by molar-refractivity contribution is 9.10. The van der Waals surface area contributed by atoms with E-state index in [4.69, 9.17) is 9.72 Å². The minimum absolute atomic E-state index is 0.382. The number of hydrogen-bond donors (Lipinski definition) is 0. The molecule has 4 aromatic rings. The van der Waals surface area contributed by atoms with E-state index >= 15 is 0 Å². The largest absolute Gasteiger partial charge is 0.423 e. The second-order valence-corrected chi connectivity index (χ2v) is 8.22. The highest BCUT2D eigenvalue weighted by atomic mass is 79.9. The van der Waals surface area contributed by atoms with Crippen LogP contribution in [0.5, 0.6) is 5.75 Å². The summed E-state index contributed by atoms with van der Waals surface area (Å²) in [6.45, 7) is 4.04. The van der Waals surface area contributed by atoms with Crippen LogP contribution < -0.4 is 4.74 Å². The standard InChI is InChI=1S/C22H16BrNO2S/c1-13-10-14(2)21-17(11-13)18(12-19(24-21)20-4-3-9-27-20)22(25)26-16-7-5-15(23)6-8-16/h3-12H,1-2H3. The van der Waals surface area contributed by atoms with Gasteiger partial charge < -0.3 is 4.74 Å². The van der Waals surface area contributed by atoms with Gasteiger partial charge in [0.15, 0.2) is 0 Å². The van der Waals surface area contributed by atoms with Gasteiger partial charge in [0.25, 0.3) is 0 Å². The molecule has 0 N–H and O–H groups in total. The maximum atomic E-state index is 13.0. The molecular formula is C22H16BrNO2S. The number of ether oxygens (including phenoxy) is 1. The number of aryl methyl sites for hydroxylation is 2. The number of halogens is 1. The van der Waals surface area contributed by atoms with Crippen molar-refractivity contribution in [2.75, 3.05) is 0 Å². The number of hydrogen-bond acceptors (Lipinski definition) is 4. The van der Waals surface area contributed by atoms with E-state index in [-0.39, 0.29) is 5.97 Å². The zero-order chi connectivity index (χ0) is 19.0. The molecule has 0 aliphatic rings. The Balaban J connectivity index is 1.86. The molecule has 0 unspecified atom stereocenters. The molecule has 134 valence electrons. The van der Waals surface area contributed by atoms with Crippen molar-refractivity contribution in [2.24, 2.45) is 0 Å². The highest BCUT2D eigenvalue weighted by Gasteiger charge is 2.18. The third kappa shape index (κ3) is 3.66. The van der Waals surface area contributed by atoms with Crippen LogP contribution in [0.15, 0.2) is 64.5 Å². The van der Waals surface area contributed by atoms with Gasteiger partial charge in [0.2, 0.25) is 0 Å². The fraction of sp³-hybridized carbons (Fsp3) is 0.0909. The van der Waals surface area contributed by atoms with Crippen LogP contribution >= 0.6 is 27.3 Å². The van der Waals surface area contributed by atoms with Crippen LogP contribution in [0.2, 0.25) is 0 Å². The molecule has 27 heavy (non-hydrogen) atoms. The SMILES string of the molecule is Cc1cc(C)c2nc(-c3cccs3)cc(C(=O)Oc3ccc(Br)cc3)c2c1. The van der Waals surface area contributed by atoms with Crippen LogP contribution in [-0.2, 0) is 0 Å². The van der Waals surface area contributed by atoms with E-state index in [1.807, 2.05) is 55.6 Å². The van der Waals surface area contributed by atoms with Gasteiger partial charge in [-0.3, -0.25) is 0 Å². The number of rotatable bonds is 3. The number of nitrogens with zero attached hydrogens (tertiary/aromatic N) is 1.